The molecule has 0 amide bonds. The van der Waals surface area contributed by atoms with Crippen LogP contribution in [0.2, 0.25) is 0 Å². The Labute approximate surface area is 101 Å². The Morgan fingerprint density at radius 2 is 2.24 bits per heavy atom. The van der Waals surface area contributed by atoms with Gasteiger partial charge in [0, 0.05) is 11.6 Å². The van der Waals surface area contributed by atoms with E-state index in [2.05, 4.69) is 23.8 Å². The van der Waals surface area contributed by atoms with Gasteiger partial charge in [0.2, 0.25) is 0 Å². The SMILES string of the molecule is CC[C@@H](C)c1cc(C(=O)OC)nc(C2CC2)n1. The number of ether oxygens (including phenoxy) is 1. The second-order valence-corrected chi connectivity index (χ2v) is 4.61. The van der Waals surface area contributed by atoms with Crippen molar-refractivity contribution in [2.24, 2.45) is 0 Å². The van der Waals surface area contributed by atoms with Gasteiger partial charge in [0.25, 0.3) is 0 Å². The average molecular weight is 234 g/mol. The third kappa shape index (κ3) is 2.62. The summed E-state index contributed by atoms with van der Waals surface area (Å²) in [7, 11) is 1.38. The number of hydrogen-bond donors (Lipinski definition) is 0. The number of nitrogens with zero attached hydrogens (tertiary/aromatic N) is 2. The van der Waals surface area contributed by atoms with Crippen LogP contribution in [-0.4, -0.2) is 23.0 Å². The minimum atomic E-state index is -0.376. The third-order valence-electron chi connectivity index (χ3n) is 3.22. The molecule has 2 rings (SSSR count). The topological polar surface area (TPSA) is 52.1 Å². The number of carbonyl (C=O) groups excluding carboxylic acids is 1. The van der Waals surface area contributed by atoms with E-state index in [1.165, 1.54) is 7.11 Å². The van der Waals surface area contributed by atoms with Crippen LogP contribution >= 0.6 is 0 Å². The maximum Gasteiger partial charge on any atom is 0.356 e. The van der Waals surface area contributed by atoms with Crippen molar-refractivity contribution in [2.45, 2.75) is 44.9 Å². The Hall–Kier alpha value is -1.45. The maximum atomic E-state index is 11.6. The summed E-state index contributed by atoms with van der Waals surface area (Å²) in [5, 5.41) is 0. The Morgan fingerprint density at radius 3 is 2.76 bits per heavy atom. The minimum absolute atomic E-state index is 0.346. The zero-order valence-electron chi connectivity index (χ0n) is 10.6. The molecule has 0 unspecified atom stereocenters. The third-order valence-corrected chi connectivity index (χ3v) is 3.22. The highest BCUT2D eigenvalue weighted by atomic mass is 16.5. The van der Waals surface area contributed by atoms with Gasteiger partial charge in [0.15, 0.2) is 5.69 Å². The fourth-order valence-electron chi connectivity index (χ4n) is 1.68. The second-order valence-electron chi connectivity index (χ2n) is 4.61. The lowest BCUT2D eigenvalue weighted by Crippen LogP contribution is -2.10. The van der Waals surface area contributed by atoms with Gasteiger partial charge in [-0.25, -0.2) is 14.8 Å². The van der Waals surface area contributed by atoms with Gasteiger partial charge < -0.3 is 4.74 Å². The molecular formula is C13H18N2O2. The normalized spacial score (nSPS) is 16.6. The lowest BCUT2D eigenvalue weighted by atomic mass is 10.0. The molecule has 1 fully saturated rings. The van der Waals surface area contributed by atoms with Gasteiger partial charge in [-0.15, -0.1) is 0 Å². The van der Waals surface area contributed by atoms with Crippen molar-refractivity contribution in [3.63, 3.8) is 0 Å². The first-order chi connectivity index (χ1) is 8.15. The van der Waals surface area contributed by atoms with Crippen LogP contribution in [0.25, 0.3) is 0 Å². The van der Waals surface area contributed by atoms with Crippen LogP contribution in [0.3, 0.4) is 0 Å². The Bertz CT molecular complexity index is 427. The molecule has 1 aliphatic carbocycles. The number of hydrogen-bond acceptors (Lipinski definition) is 4. The zero-order chi connectivity index (χ0) is 12.4. The summed E-state index contributed by atoms with van der Waals surface area (Å²) in [5.41, 5.74) is 1.34. The Kier molecular flexibility index (Phi) is 3.41. The van der Waals surface area contributed by atoms with Crippen LogP contribution in [0.4, 0.5) is 0 Å². The van der Waals surface area contributed by atoms with E-state index in [0.29, 0.717) is 17.5 Å². The van der Waals surface area contributed by atoms with E-state index < -0.39 is 0 Å². The summed E-state index contributed by atoms with van der Waals surface area (Å²) in [6.07, 6.45) is 3.26. The van der Waals surface area contributed by atoms with Gasteiger partial charge in [-0.3, -0.25) is 0 Å². The molecule has 1 heterocycles. The maximum absolute atomic E-state index is 11.6. The molecule has 0 saturated heterocycles. The monoisotopic (exact) mass is 234 g/mol. The van der Waals surface area contributed by atoms with E-state index in [0.717, 1.165) is 30.8 Å². The highest BCUT2D eigenvalue weighted by Gasteiger charge is 2.28. The molecule has 17 heavy (non-hydrogen) atoms. The van der Waals surface area contributed by atoms with Crippen LogP contribution in [0.1, 0.15) is 67.0 Å². The number of aromatic nitrogens is 2. The predicted molar refractivity (Wildman–Crippen MR) is 64.1 cm³/mol. The van der Waals surface area contributed by atoms with Crippen molar-refractivity contribution < 1.29 is 9.53 Å². The molecule has 1 saturated carbocycles. The molecule has 92 valence electrons. The molecule has 0 aromatic carbocycles. The van der Waals surface area contributed by atoms with Crippen LogP contribution in [0.15, 0.2) is 6.07 Å². The molecule has 0 radical (unpaired) electrons. The quantitative estimate of drug-likeness (QED) is 0.751. The van der Waals surface area contributed by atoms with Crippen LogP contribution in [0.5, 0.6) is 0 Å². The number of carbonyl (C=O) groups is 1. The summed E-state index contributed by atoms with van der Waals surface area (Å²) in [6.45, 7) is 4.22. The lowest BCUT2D eigenvalue weighted by Gasteiger charge is -2.11. The molecule has 0 aliphatic heterocycles. The van der Waals surface area contributed by atoms with Gasteiger partial charge in [-0.1, -0.05) is 13.8 Å². The molecule has 1 aromatic rings. The first-order valence-electron chi connectivity index (χ1n) is 6.12. The van der Waals surface area contributed by atoms with E-state index >= 15 is 0 Å². The van der Waals surface area contributed by atoms with Crippen molar-refractivity contribution in [3.8, 4) is 0 Å². The molecule has 1 aromatic heterocycles. The summed E-state index contributed by atoms with van der Waals surface area (Å²) in [5.74, 6) is 1.23. The van der Waals surface area contributed by atoms with E-state index in [-0.39, 0.29) is 5.97 Å². The van der Waals surface area contributed by atoms with Crippen LogP contribution < -0.4 is 0 Å². The number of methoxy groups -OCH3 is 1. The second kappa shape index (κ2) is 4.82. The highest BCUT2D eigenvalue weighted by Crippen LogP contribution is 2.38. The van der Waals surface area contributed by atoms with E-state index in [1.54, 1.807) is 6.07 Å². The van der Waals surface area contributed by atoms with Crippen molar-refractivity contribution in [2.75, 3.05) is 7.11 Å². The highest BCUT2D eigenvalue weighted by molar-refractivity contribution is 5.87. The molecule has 1 aliphatic rings. The van der Waals surface area contributed by atoms with Crippen LogP contribution in [-0.2, 0) is 4.74 Å². The van der Waals surface area contributed by atoms with Gasteiger partial charge >= 0.3 is 5.97 Å². The fraction of sp³-hybridized carbons (Fsp3) is 0.615. The van der Waals surface area contributed by atoms with Gasteiger partial charge in [-0.05, 0) is 31.2 Å². The van der Waals surface area contributed by atoms with Gasteiger partial charge in [0.05, 0.1) is 7.11 Å². The molecule has 4 heteroatoms. The number of rotatable bonds is 4. The van der Waals surface area contributed by atoms with E-state index in [1.807, 2.05) is 0 Å². The predicted octanol–water partition coefficient (Wildman–Crippen LogP) is 2.65. The Balaban J connectivity index is 2.38. The average Bonchev–Trinajstić information content (AvgIpc) is 3.20. The first kappa shape index (κ1) is 12.0. The van der Waals surface area contributed by atoms with Gasteiger partial charge in [-0.2, -0.15) is 0 Å². The minimum Gasteiger partial charge on any atom is -0.464 e. The lowest BCUT2D eigenvalue weighted by molar-refractivity contribution is 0.0593. The largest absolute Gasteiger partial charge is 0.464 e. The summed E-state index contributed by atoms with van der Waals surface area (Å²) in [6, 6.07) is 1.76. The molecular weight excluding hydrogens is 216 g/mol. The van der Waals surface area contributed by atoms with Crippen molar-refractivity contribution in [3.05, 3.63) is 23.3 Å². The molecule has 0 spiro atoms. The summed E-state index contributed by atoms with van der Waals surface area (Å²) < 4.78 is 4.73. The first-order valence-corrected chi connectivity index (χ1v) is 6.12. The summed E-state index contributed by atoms with van der Waals surface area (Å²) in [4.78, 5) is 20.4. The molecule has 1 atom stereocenters. The summed E-state index contributed by atoms with van der Waals surface area (Å²) >= 11 is 0. The smallest absolute Gasteiger partial charge is 0.356 e. The Morgan fingerprint density at radius 1 is 1.53 bits per heavy atom. The van der Waals surface area contributed by atoms with Crippen molar-refractivity contribution in [1.29, 1.82) is 0 Å². The number of esters is 1. The van der Waals surface area contributed by atoms with E-state index in [4.69, 9.17) is 4.74 Å². The van der Waals surface area contributed by atoms with Gasteiger partial charge in [0.1, 0.15) is 5.82 Å². The van der Waals surface area contributed by atoms with Crippen molar-refractivity contribution >= 4 is 5.97 Å². The van der Waals surface area contributed by atoms with E-state index in [9.17, 15) is 4.79 Å². The molecule has 0 N–H and O–H groups in total. The van der Waals surface area contributed by atoms with Crippen LogP contribution in [0, 0.1) is 0 Å². The standard InChI is InChI=1S/C13H18N2O2/c1-4-8(2)10-7-11(13(16)17-3)15-12(14-10)9-5-6-9/h7-9H,4-6H2,1-3H3/t8-/m1/s1. The molecule has 0 bridgehead atoms. The van der Waals surface area contributed by atoms with Crippen molar-refractivity contribution in [1.82, 2.24) is 9.97 Å². The fourth-order valence-corrected chi connectivity index (χ4v) is 1.68. The molecule has 4 nitrogen and oxygen atoms in total. The zero-order valence-corrected chi connectivity index (χ0v) is 10.6.